The zero-order valence-electron chi connectivity index (χ0n) is 39.1. The van der Waals surface area contributed by atoms with Crippen molar-refractivity contribution >= 4 is 60.5 Å². The van der Waals surface area contributed by atoms with E-state index in [1.807, 2.05) is 133 Å². The number of nitrogens with zero attached hydrogens (tertiary/aromatic N) is 1. The van der Waals surface area contributed by atoms with Crippen molar-refractivity contribution in [2.24, 2.45) is 0 Å². The van der Waals surface area contributed by atoms with E-state index in [4.69, 9.17) is 4.42 Å². The SMILES string of the molecule is [2H]c1c([2H])c(N(c2ccccc2-c2cccc3ccc4c5ccccc5oc4c23)c2c([2H])c([2H])c(-c3cccc(-c4cccc5ccccc45)c3)c([2H])c2[2H])c([2H])c([2H])c1-c1ccccc1. The van der Waals surface area contributed by atoms with Gasteiger partial charge in [-0.2, -0.15) is 0 Å². The molecular formula is C56H37NO. The molecule has 0 radical (unpaired) electrons. The van der Waals surface area contributed by atoms with E-state index in [0.717, 1.165) is 49.0 Å². The molecule has 2 nitrogen and oxygen atoms in total. The van der Waals surface area contributed by atoms with Gasteiger partial charge in [-0.3, -0.25) is 0 Å². The molecular weight excluding hydrogens is 703 g/mol. The first-order valence-electron chi connectivity index (χ1n) is 23.2. The van der Waals surface area contributed by atoms with Crippen molar-refractivity contribution in [2.75, 3.05) is 4.90 Å². The van der Waals surface area contributed by atoms with E-state index < -0.39 is 24.2 Å². The first-order chi connectivity index (χ1) is 32.1. The van der Waals surface area contributed by atoms with Crippen LogP contribution >= 0.6 is 0 Å². The predicted octanol–water partition coefficient (Wildman–Crippen LogP) is 16.0. The number of rotatable bonds is 7. The fraction of sp³-hybridized carbons (Fsp3) is 0. The van der Waals surface area contributed by atoms with Crippen LogP contribution < -0.4 is 4.90 Å². The minimum atomic E-state index is -0.419. The van der Waals surface area contributed by atoms with Gasteiger partial charge in [0.2, 0.25) is 0 Å². The van der Waals surface area contributed by atoms with Gasteiger partial charge in [0.15, 0.2) is 0 Å². The molecule has 0 spiro atoms. The van der Waals surface area contributed by atoms with Gasteiger partial charge >= 0.3 is 0 Å². The van der Waals surface area contributed by atoms with Crippen LogP contribution in [-0.4, -0.2) is 0 Å². The Kier molecular flexibility index (Phi) is 6.38. The number of fused-ring (bicyclic) bond motifs is 6. The minimum Gasteiger partial charge on any atom is -0.455 e. The third-order valence-corrected chi connectivity index (χ3v) is 10.8. The lowest BCUT2D eigenvalue weighted by atomic mass is 9.94. The second-order valence-electron chi connectivity index (χ2n) is 14.2. The van der Waals surface area contributed by atoms with Crippen molar-refractivity contribution in [3.8, 4) is 44.5 Å². The molecule has 0 N–H and O–H groups in total. The summed E-state index contributed by atoms with van der Waals surface area (Å²) in [5.74, 6) is 0. The summed E-state index contributed by atoms with van der Waals surface area (Å²) in [5, 5.41) is 5.63. The van der Waals surface area contributed by atoms with E-state index in [2.05, 4.69) is 0 Å². The van der Waals surface area contributed by atoms with Gasteiger partial charge in [-0.1, -0.05) is 176 Å². The predicted molar refractivity (Wildman–Crippen MR) is 245 cm³/mol. The maximum atomic E-state index is 9.82. The second kappa shape index (κ2) is 14.1. The Morgan fingerprint density at radius 3 is 1.74 bits per heavy atom. The Balaban J connectivity index is 1.19. The molecule has 0 aliphatic heterocycles. The van der Waals surface area contributed by atoms with Gasteiger partial charge < -0.3 is 9.32 Å². The molecule has 0 atom stereocenters. The molecule has 0 saturated carbocycles. The van der Waals surface area contributed by atoms with Crippen LogP contribution in [0.1, 0.15) is 11.0 Å². The molecule has 0 unspecified atom stereocenters. The molecule has 0 amide bonds. The summed E-state index contributed by atoms with van der Waals surface area (Å²) in [5.41, 5.74) is 5.50. The normalized spacial score (nSPS) is 13.4. The first-order valence-corrected chi connectivity index (χ1v) is 19.2. The van der Waals surface area contributed by atoms with Crippen LogP contribution in [0.2, 0.25) is 0 Å². The molecule has 10 aromatic carbocycles. The monoisotopic (exact) mass is 747 g/mol. The van der Waals surface area contributed by atoms with Gasteiger partial charge in [0.05, 0.1) is 16.7 Å². The molecule has 0 aliphatic carbocycles. The maximum Gasteiger partial charge on any atom is 0.143 e. The highest BCUT2D eigenvalue weighted by Gasteiger charge is 2.21. The molecule has 58 heavy (non-hydrogen) atoms. The van der Waals surface area contributed by atoms with Crippen molar-refractivity contribution in [1.82, 2.24) is 0 Å². The Morgan fingerprint density at radius 2 is 0.931 bits per heavy atom. The molecule has 2 heteroatoms. The summed E-state index contributed by atoms with van der Waals surface area (Å²) in [7, 11) is 0. The highest BCUT2D eigenvalue weighted by molar-refractivity contribution is 6.19. The minimum absolute atomic E-state index is 0.0874. The lowest BCUT2D eigenvalue weighted by molar-refractivity contribution is 0.673. The summed E-state index contributed by atoms with van der Waals surface area (Å²) >= 11 is 0. The van der Waals surface area contributed by atoms with Gasteiger partial charge in [-0.15, -0.1) is 0 Å². The molecule has 1 aromatic heterocycles. The van der Waals surface area contributed by atoms with E-state index in [-0.39, 0.29) is 46.7 Å². The Morgan fingerprint density at radius 1 is 0.362 bits per heavy atom. The van der Waals surface area contributed by atoms with Gasteiger partial charge in [0.25, 0.3) is 0 Å². The summed E-state index contributed by atoms with van der Waals surface area (Å²) in [6.45, 7) is 0. The number of anilines is 3. The molecule has 0 fully saturated rings. The lowest BCUT2D eigenvalue weighted by Crippen LogP contribution is -2.11. The Bertz CT molecular complexity index is 3710. The van der Waals surface area contributed by atoms with E-state index >= 15 is 0 Å². The van der Waals surface area contributed by atoms with Crippen LogP contribution in [0.4, 0.5) is 17.1 Å². The van der Waals surface area contributed by atoms with Crippen LogP contribution in [0.15, 0.2) is 229 Å². The van der Waals surface area contributed by atoms with Gasteiger partial charge in [-0.25, -0.2) is 0 Å². The van der Waals surface area contributed by atoms with Crippen molar-refractivity contribution < 1.29 is 15.4 Å². The average Bonchev–Trinajstić information content (AvgIpc) is 3.74. The molecule has 1 heterocycles. The summed E-state index contributed by atoms with van der Waals surface area (Å²) in [6.07, 6.45) is 0. The largest absolute Gasteiger partial charge is 0.455 e. The van der Waals surface area contributed by atoms with Crippen molar-refractivity contribution in [3.63, 3.8) is 0 Å². The first kappa shape index (κ1) is 26.2. The molecule has 0 saturated heterocycles. The zero-order chi connectivity index (χ0) is 45.4. The number of hydrogen-bond acceptors (Lipinski definition) is 2. The number of furan rings is 1. The maximum absolute atomic E-state index is 9.82. The highest BCUT2D eigenvalue weighted by atomic mass is 16.3. The molecule has 11 aromatic rings. The summed E-state index contributed by atoms with van der Waals surface area (Å²) in [4.78, 5) is 1.39. The van der Waals surface area contributed by atoms with E-state index in [1.54, 1.807) is 42.5 Å². The highest BCUT2D eigenvalue weighted by Crippen LogP contribution is 2.46. The molecule has 0 aliphatic rings. The van der Waals surface area contributed by atoms with Gasteiger partial charge in [0, 0.05) is 33.1 Å². The number of hydrogen-bond donors (Lipinski definition) is 0. The molecule has 0 bridgehead atoms. The van der Waals surface area contributed by atoms with Crippen LogP contribution in [0.3, 0.4) is 0 Å². The van der Waals surface area contributed by atoms with E-state index in [9.17, 15) is 11.0 Å². The molecule has 272 valence electrons. The quantitative estimate of drug-likeness (QED) is 0.161. The van der Waals surface area contributed by atoms with E-state index in [1.165, 1.54) is 4.90 Å². The average molecular weight is 748 g/mol. The third-order valence-electron chi connectivity index (χ3n) is 10.8. The van der Waals surface area contributed by atoms with Crippen LogP contribution in [0.25, 0.3) is 88.0 Å². The topological polar surface area (TPSA) is 16.4 Å². The van der Waals surface area contributed by atoms with Crippen molar-refractivity contribution in [3.05, 3.63) is 224 Å². The summed E-state index contributed by atoms with van der Waals surface area (Å²) < 4.78 is 83.6. The zero-order valence-corrected chi connectivity index (χ0v) is 31.1. The smallest absolute Gasteiger partial charge is 0.143 e. The standard InChI is InChI=1S/C56H37NO/c1-2-13-38(14-3-1)39-27-32-45(33-28-39)57(46-34-29-40(30-35-46)43-18-10-19-44(37-43)48-23-11-16-41-15-4-5-20-47(41)48)53-25-8-6-21-49(53)51-24-12-17-42-31-36-52-50-22-7-9-26-54(50)58-56(52)55(42)51/h1-37H/i27D,28D,29D,30D,32D,33D,34D,35D. The third kappa shape index (κ3) is 5.82. The Labute approximate surface area is 348 Å². The van der Waals surface area contributed by atoms with Crippen molar-refractivity contribution in [1.29, 1.82) is 0 Å². The van der Waals surface area contributed by atoms with E-state index in [0.29, 0.717) is 33.5 Å². The van der Waals surface area contributed by atoms with Gasteiger partial charge in [-0.05, 0) is 104 Å². The van der Waals surface area contributed by atoms with Crippen LogP contribution in [0.5, 0.6) is 0 Å². The Hall–Kier alpha value is -7.68. The van der Waals surface area contributed by atoms with Crippen LogP contribution in [0, 0.1) is 0 Å². The lowest BCUT2D eigenvalue weighted by Gasteiger charge is -2.28. The summed E-state index contributed by atoms with van der Waals surface area (Å²) in [6, 6.07) is 52.4. The van der Waals surface area contributed by atoms with Crippen LogP contribution in [-0.2, 0) is 0 Å². The number of benzene rings is 10. The fourth-order valence-corrected chi connectivity index (χ4v) is 8.07. The number of para-hydroxylation sites is 2. The van der Waals surface area contributed by atoms with Gasteiger partial charge in [0.1, 0.15) is 11.2 Å². The van der Waals surface area contributed by atoms with Crippen molar-refractivity contribution in [2.45, 2.75) is 0 Å². The fourth-order valence-electron chi connectivity index (χ4n) is 8.07. The molecule has 11 rings (SSSR count). The second-order valence-corrected chi connectivity index (χ2v) is 14.2.